The molecule has 0 aliphatic rings. The van der Waals surface area contributed by atoms with Gasteiger partial charge in [-0.2, -0.15) is 0 Å². The third kappa shape index (κ3) is 5.00. The maximum atomic E-state index is 12.1. The molecule has 0 fully saturated rings. The summed E-state index contributed by atoms with van der Waals surface area (Å²) in [5.74, 6) is 0.0126. The zero-order valence-corrected chi connectivity index (χ0v) is 13.6. The van der Waals surface area contributed by atoms with E-state index in [9.17, 15) is 9.59 Å². The van der Waals surface area contributed by atoms with Gasteiger partial charge >= 0.3 is 0 Å². The van der Waals surface area contributed by atoms with Gasteiger partial charge in [0.15, 0.2) is 6.10 Å². The van der Waals surface area contributed by atoms with E-state index in [1.165, 1.54) is 6.92 Å². The smallest absolute Gasteiger partial charge is 0.265 e. The highest BCUT2D eigenvalue weighted by molar-refractivity contribution is 6.32. The molecule has 5 nitrogen and oxygen atoms in total. The van der Waals surface area contributed by atoms with Crippen LogP contribution in [0.25, 0.3) is 0 Å². The van der Waals surface area contributed by atoms with Crippen LogP contribution in [0.2, 0.25) is 5.02 Å². The second-order valence-electron chi connectivity index (χ2n) is 4.94. The lowest BCUT2D eigenvalue weighted by Crippen LogP contribution is -2.30. The fourth-order valence-electron chi connectivity index (χ4n) is 1.87. The minimum absolute atomic E-state index is 0.149. The van der Waals surface area contributed by atoms with E-state index in [4.69, 9.17) is 16.3 Å². The Kier molecular flexibility index (Phi) is 5.60. The molecule has 0 saturated heterocycles. The van der Waals surface area contributed by atoms with Crippen LogP contribution in [0.4, 0.5) is 11.4 Å². The molecule has 1 atom stereocenters. The highest BCUT2D eigenvalue weighted by Crippen LogP contribution is 2.24. The Morgan fingerprint density at radius 1 is 1.00 bits per heavy atom. The first-order chi connectivity index (χ1) is 11.0. The van der Waals surface area contributed by atoms with Gasteiger partial charge in [0.05, 0.1) is 5.02 Å². The Morgan fingerprint density at radius 3 is 2.13 bits per heavy atom. The molecule has 2 aromatic carbocycles. The lowest BCUT2D eigenvalue weighted by molar-refractivity contribution is -0.122. The summed E-state index contributed by atoms with van der Waals surface area (Å²) in [5, 5.41) is 5.85. The largest absolute Gasteiger partial charge is 0.479 e. The molecule has 1 unspecified atom stereocenters. The first-order valence-corrected chi connectivity index (χ1v) is 7.43. The molecular weight excluding hydrogens is 316 g/mol. The van der Waals surface area contributed by atoms with Crippen LogP contribution >= 0.6 is 11.6 Å². The summed E-state index contributed by atoms with van der Waals surface area (Å²) >= 11 is 6.00. The summed E-state index contributed by atoms with van der Waals surface area (Å²) in [6.45, 7) is 3.08. The molecular formula is C17H17ClN2O3. The van der Waals surface area contributed by atoms with Crippen molar-refractivity contribution in [3.05, 3.63) is 53.6 Å². The topological polar surface area (TPSA) is 67.4 Å². The highest BCUT2D eigenvalue weighted by atomic mass is 35.5. The first kappa shape index (κ1) is 16.8. The molecule has 23 heavy (non-hydrogen) atoms. The predicted octanol–water partition coefficient (Wildman–Crippen LogP) is 3.70. The number of ether oxygens (including phenoxy) is 1. The number of benzene rings is 2. The average molecular weight is 333 g/mol. The Balaban J connectivity index is 1.95. The molecule has 2 aromatic rings. The summed E-state index contributed by atoms with van der Waals surface area (Å²) in [4.78, 5) is 23.1. The van der Waals surface area contributed by atoms with Crippen molar-refractivity contribution >= 4 is 34.8 Å². The molecule has 0 aliphatic heterocycles. The normalized spacial score (nSPS) is 11.4. The van der Waals surface area contributed by atoms with Crippen molar-refractivity contribution in [2.24, 2.45) is 0 Å². The van der Waals surface area contributed by atoms with Gasteiger partial charge in [0, 0.05) is 18.3 Å². The molecule has 2 amide bonds. The van der Waals surface area contributed by atoms with Crippen LogP contribution < -0.4 is 15.4 Å². The van der Waals surface area contributed by atoms with Crippen LogP contribution in [0.15, 0.2) is 48.5 Å². The average Bonchev–Trinajstić information content (AvgIpc) is 2.51. The third-order valence-corrected chi connectivity index (χ3v) is 3.29. The number of halogens is 1. The van der Waals surface area contributed by atoms with Crippen LogP contribution in [-0.4, -0.2) is 17.9 Å². The van der Waals surface area contributed by atoms with E-state index < -0.39 is 6.10 Å². The Bertz CT molecular complexity index is 701. The molecule has 0 aromatic heterocycles. The first-order valence-electron chi connectivity index (χ1n) is 7.05. The summed E-state index contributed by atoms with van der Waals surface area (Å²) in [6, 6.07) is 13.8. The molecule has 0 saturated carbocycles. The van der Waals surface area contributed by atoms with E-state index >= 15 is 0 Å². The van der Waals surface area contributed by atoms with Gasteiger partial charge in [-0.15, -0.1) is 0 Å². The quantitative estimate of drug-likeness (QED) is 0.877. The number of para-hydroxylation sites is 1. The number of nitrogens with one attached hydrogen (secondary N) is 2. The van der Waals surface area contributed by atoms with Crippen molar-refractivity contribution in [1.82, 2.24) is 0 Å². The van der Waals surface area contributed by atoms with E-state index in [1.807, 2.05) is 0 Å². The number of amides is 2. The molecule has 0 bridgehead atoms. The number of hydrogen-bond acceptors (Lipinski definition) is 3. The standard InChI is InChI=1S/C17H17ClN2O3/c1-11(23-16-6-4-3-5-15(16)18)17(22)20-14-9-7-13(8-10-14)19-12(2)21/h3-11H,1-2H3,(H,19,21)(H,20,22). The molecule has 2 N–H and O–H groups in total. The van der Waals surface area contributed by atoms with Gasteiger partial charge in [-0.1, -0.05) is 23.7 Å². The van der Waals surface area contributed by atoms with Gasteiger partial charge in [0.25, 0.3) is 5.91 Å². The fraction of sp³-hybridized carbons (Fsp3) is 0.176. The number of hydrogen-bond donors (Lipinski definition) is 2. The summed E-state index contributed by atoms with van der Waals surface area (Å²) in [6.07, 6.45) is -0.704. The van der Waals surface area contributed by atoms with Crippen molar-refractivity contribution in [3.63, 3.8) is 0 Å². The van der Waals surface area contributed by atoms with E-state index in [-0.39, 0.29) is 11.8 Å². The number of anilines is 2. The van der Waals surface area contributed by atoms with Crippen LogP contribution in [0.1, 0.15) is 13.8 Å². The minimum atomic E-state index is -0.704. The van der Waals surface area contributed by atoms with E-state index in [1.54, 1.807) is 55.5 Å². The lowest BCUT2D eigenvalue weighted by Gasteiger charge is -2.15. The molecule has 6 heteroatoms. The van der Waals surface area contributed by atoms with Gasteiger partial charge < -0.3 is 15.4 Å². The monoisotopic (exact) mass is 332 g/mol. The second kappa shape index (κ2) is 7.65. The number of rotatable bonds is 5. The SMILES string of the molecule is CC(=O)Nc1ccc(NC(=O)C(C)Oc2ccccc2Cl)cc1. The molecule has 0 radical (unpaired) electrons. The van der Waals surface area contributed by atoms with Crippen molar-refractivity contribution < 1.29 is 14.3 Å². The molecule has 0 aliphatic carbocycles. The number of carbonyl (C=O) groups is 2. The minimum Gasteiger partial charge on any atom is -0.479 e. The van der Waals surface area contributed by atoms with Crippen molar-refractivity contribution in [1.29, 1.82) is 0 Å². The Hall–Kier alpha value is -2.53. The van der Waals surface area contributed by atoms with E-state index in [2.05, 4.69) is 10.6 Å². The summed E-state index contributed by atoms with van der Waals surface area (Å²) < 4.78 is 5.55. The Morgan fingerprint density at radius 2 is 1.57 bits per heavy atom. The van der Waals surface area contributed by atoms with Gasteiger partial charge in [-0.25, -0.2) is 0 Å². The van der Waals surface area contributed by atoms with Crippen molar-refractivity contribution in [2.45, 2.75) is 20.0 Å². The van der Waals surface area contributed by atoms with E-state index in [0.29, 0.717) is 22.1 Å². The predicted molar refractivity (Wildman–Crippen MR) is 90.9 cm³/mol. The molecule has 2 rings (SSSR count). The van der Waals surface area contributed by atoms with Gasteiger partial charge in [-0.3, -0.25) is 9.59 Å². The summed E-state index contributed by atoms with van der Waals surface area (Å²) in [5.41, 5.74) is 1.27. The molecule has 0 spiro atoms. The lowest BCUT2D eigenvalue weighted by atomic mass is 10.2. The molecule has 0 heterocycles. The number of carbonyl (C=O) groups excluding carboxylic acids is 2. The van der Waals surface area contributed by atoms with Gasteiger partial charge in [0.1, 0.15) is 5.75 Å². The maximum absolute atomic E-state index is 12.1. The zero-order valence-electron chi connectivity index (χ0n) is 12.8. The Labute approximate surface area is 139 Å². The molecule has 120 valence electrons. The second-order valence-corrected chi connectivity index (χ2v) is 5.35. The van der Waals surface area contributed by atoms with Crippen molar-refractivity contribution in [3.8, 4) is 5.75 Å². The third-order valence-electron chi connectivity index (χ3n) is 2.98. The fourth-order valence-corrected chi connectivity index (χ4v) is 2.05. The van der Waals surface area contributed by atoms with Crippen LogP contribution in [-0.2, 0) is 9.59 Å². The van der Waals surface area contributed by atoms with E-state index in [0.717, 1.165) is 0 Å². The van der Waals surface area contributed by atoms with Crippen LogP contribution in [0.5, 0.6) is 5.75 Å². The van der Waals surface area contributed by atoms with Gasteiger partial charge in [0.2, 0.25) is 5.91 Å². The van der Waals surface area contributed by atoms with Crippen LogP contribution in [0, 0.1) is 0 Å². The summed E-state index contributed by atoms with van der Waals surface area (Å²) in [7, 11) is 0. The highest BCUT2D eigenvalue weighted by Gasteiger charge is 2.16. The van der Waals surface area contributed by atoms with Gasteiger partial charge in [-0.05, 0) is 43.3 Å². The zero-order chi connectivity index (χ0) is 16.8. The van der Waals surface area contributed by atoms with Crippen LogP contribution in [0.3, 0.4) is 0 Å². The maximum Gasteiger partial charge on any atom is 0.265 e. The van der Waals surface area contributed by atoms with Crippen molar-refractivity contribution in [2.75, 3.05) is 10.6 Å².